The molecular formula is C8H10FNaO5. The van der Waals surface area contributed by atoms with Gasteiger partial charge in [0.15, 0.2) is 0 Å². The zero-order valence-corrected chi connectivity index (χ0v) is 10.8. The Balaban J connectivity index is 0. The first kappa shape index (κ1) is 16.8. The molecule has 0 aliphatic rings. The first-order valence-electron chi connectivity index (χ1n) is 3.95. The Morgan fingerprint density at radius 1 is 1.13 bits per heavy atom. The molecule has 80 valence electrons. The van der Waals surface area contributed by atoms with Crippen LogP contribution in [0.2, 0.25) is 0 Å². The van der Waals surface area contributed by atoms with E-state index in [4.69, 9.17) is 0 Å². The summed E-state index contributed by atoms with van der Waals surface area (Å²) in [7, 11) is 0. The third-order valence-electron chi connectivity index (χ3n) is 1.11. The van der Waals surface area contributed by atoms with E-state index in [2.05, 4.69) is 9.47 Å². The SMILES string of the molecule is CCOC(=O)/C([O-])=C(\F)C(=O)OCC.[Na+]. The Labute approximate surface area is 109 Å². The average molecular weight is 228 g/mol. The molecule has 7 heteroatoms. The van der Waals surface area contributed by atoms with Gasteiger partial charge in [0.25, 0.3) is 0 Å². The van der Waals surface area contributed by atoms with Crippen molar-refractivity contribution in [2.24, 2.45) is 0 Å². The van der Waals surface area contributed by atoms with Gasteiger partial charge in [0, 0.05) is 5.76 Å². The molecule has 0 unspecified atom stereocenters. The van der Waals surface area contributed by atoms with Crippen molar-refractivity contribution in [3.05, 3.63) is 11.6 Å². The van der Waals surface area contributed by atoms with Gasteiger partial charge in [0.1, 0.15) is 0 Å². The maximum atomic E-state index is 12.7. The van der Waals surface area contributed by atoms with Gasteiger partial charge in [-0.2, -0.15) is 4.39 Å². The molecule has 0 aliphatic carbocycles. The van der Waals surface area contributed by atoms with E-state index in [1.165, 1.54) is 13.8 Å². The van der Waals surface area contributed by atoms with E-state index in [0.29, 0.717) is 0 Å². The first-order valence-corrected chi connectivity index (χ1v) is 3.95. The van der Waals surface area contributed by atoms with Crippen molar-refractivity contribution in [2.75, 3.05) is 13.2 Å². The summed E-state index contributed by atoms with van der Waals surface area (Å²) in [6.07, 6.45) is 0. The summed E-state index contributed by atoms with van der Waals surface area (Å²) in [5.41, 5.74) is 0. The van der Waals surface area contributed by atoms with Crippen molar-refractivity contribution in [3.8, 4) is 0 Å². The Morgan fingerprint density at radius 3 is 1.93 bits per heavy atom. The first-order chi connectivity index (χ1) is 6.54. The number of esters is 2. The predicted octanol–water partition coefficient (Wildman–Crippen LogP) is -3.34. The van der Waals surface area contributed by atoms with Crippen LogP contribution < -0.4 is 34.7 Å². The standard InChI is InChI=1S/C8H11FO5.Na/c1-3-13-7(11)5(9)6(10)8(12)14-4-2;/h10H,3-4H2,1-2H3;/q;+1/p-1/b6-5+;. The number of hydrogen-bond donors (Lipinski definition) is 0. The third-order valence-corrected chi connectivity index (χ3v) is 1.11. The molecular weight excluding hydrogens is 218 g/mol. The van der Waals surface area contributed by atoms with E-state index < -0.39 is 23.5 Å². The van der Waals surface area contributed by atoms with Crippen LogP contribution in [0.4, 0.5) is 4.39 Å². The number of carbonyl (C=O) groups is 2. The Morgan fingerprint density at radius 2 is 1.53 bits per heavy atom. The second-order valence-corrected chi connectivity index (χ2v) is 2.08. The molecule has 0 aromatic carbocycles. The molecule has 0 spiro atoms. The Hall–Kier alpha value is -0.590. The van der Waals surface area contributed by atoms with Gasteiger partial charge in [-0.25, -0.2) is 9.59 Å². The van der Waals surface area contributed by atoms with E-state index in [0.717, 1.165) is 0 Å². The minimum absolute atomic E-state index is 0. The number of halogens is 1. The summed E-state index contributed by atoms with van der Waals surface area (Å²) in [6.45, 7) is 2.75. The molecule has 5 nitrogen and oxygen atoms in total. The summed E-state index contributed by atoms with van der Waals surface area (Å²) in [4.78, 5) is 21.3. The van der Waals surface area contributed by atoms with Crippen molar-refractivity contribution < 1.29 is 58.1 Å². The van der Waals surface area contributed by atoms with Crippen LogP contribution in [0, 0.1) is 0 Å². The molecule has 0 aromatic rings. The van der Waals surface area contributed by atoms with Crippen LogP contribution >= 0.6 is 0 Å². The molecule has 0 saturated carbocycles. The van der Waals surface area contributed by atoms with Crippen LogP contribution in [0.15, 0.2) is 11.6 Å². The van der Waals surface area contributed by atoms with Crippen LogP contribution in [0.3, 0.4) is 0 Å². The maximum Gasteiger partial charge on any atom is 1.00 e. The summed E-state index contributed by atoms with van der Waals surface area (Å²) in [5, 5.41) is 10.8. The van der Waals surface area contributed by atoms with E-state index >= 15 is 0 Å². The van der Waals surface area contributed by atoms with Crippen LogP contribution in [-0.2, 0) is 19.1 Å². The van der Waals surface area contributed by atoms with Gasteiger partial charge in [0.05, 0.1) is 13.2 Å². The second kappa shape index (κ2) is 8.70. The van der Waals surface area contributed by atoms with E-state index in [1.54, 1.807) is 0 Å². The van der Waals surface area contributed by atoms with Gasteiger partial charge in [-0.3, -0.25) is 0 Å². The second-order valence-electron chi connectivity index (χ2n) is 2.08. The number of ether oxygens (including phenoxy) is 2. The van der Waals surface area contributed by atoms with Gasteiger partial charge in [-0.15, -0.1) is 0 Å². The smallest absolute Gasteiger partial charge is 0.865 e. The average Bonchev–Trinajstić information content (AvgIpc) is 2.16. The monoisotopic (exact) mass is 228 g/mol. The van der Waals surface area contributed by atoms with E-state index in [-0.39, 0.29) is 42.8 Å². The van der Waals surface area contributed by atoms with Crippen molar-refractivity contribution in [1.29, 1.82) is 0 Å². The summed E-state index contributed by atoms with van der Waals surface area (Å²) >= 11 is 0. The fourth-order valence-electron chi connectivity index (χ4n) is 0.573. The molecule has 0 aliphatic heterocycles. The molecule has 15 heavy (non-hydrogen) atoms. The summed E-state index contributed by atoms with van der Waals surface area (Å²) in [6, 6.07) is 0. The zero-order valence-electron chi connectivity index (χ0n) is 8.83. The molecule has 0 N–H and O–H groups in total. The van der Waals surface area contributed by atoms with Crippen molar-refractivity contribution >= 4 is 11.9 Å². The topological polar surface area (TPSA) is 75.7 Å². The fraction of sp³-hybridized carbons (Fsp3) is 0.500. The number of carbonyl (C=O) groups excluding carboxylic acids is 2. The van der Waals surface area contributed by atoms with Gasteiger partial charge in [0.2, 0.25) is 5.83 Å². The van der Waals surface area contributed by atoms with E-state index in [1.807, 2.05) is 0 Å². The van der Waals surface area contributed by atoms with Crippen LogP contribution in [0.5, 0.6) is 0 Å². The molecule has 0 atom stereocenters. The van der Waals surface area contributed by atoms with Crippen molar-refractivity contribution in [2.45, 2.75) is 13.8 Å². The van der Waals surface area contributed by atoms with Gasteiger partial charge >= 0.3 is 41.5 Å². The molecule has 0 saturated heterocycles. The van der Waals surface area contributed by atoms with Crippen LogP contribution in [0.25, 0.3) is 0 Å². The normalized spacial score (nSPS) is 10.9. The van der Waals surface area contributed by atoms with Crippen molar-refractivity contribution in [1.82, 2.24) is 0 Å². The van der Waals surface area contributed by atoms with Crippen LogP contribution in [0.1, 0.15) is 13.8 Å². The fourth-order valence-corrected chi connectivity index (χ4v) is 0.573. The molecule has 0 heterocycles. The summed E-state index contributed by atoms with van der Waals surface area (Å²) < 4.78 is 21.1. The van der Waals surface area contributed by atoms with E-state index in [9.17, 15) is 19.1 Å². The van der Waals surface area contributed by atoms with Crippen LogP contribution in [-0.4, -0.2) is 25.2 Å². The minimum atomic E-state index is -1.76. The molecule has 0 aromatic heterocycles. The van der Waals surface area contributed by atoms with Gasteiger partial charge in [-0.1, -0.05) is 0 Å². The zero-order chi connectivity index (χ0) is 11.1. The predicted molar refractivity (Wildman–Crippen MR) is 41.4 cm³/mol. The van der Waals surface area contributed by atoms with Gasteiger partial charge in [-0.05, 0) is 13.8 Å². The molecule has 0 amide bonds. The third kappa shape index (κ3) is 5.76. The summed E-state index contributed by atoms with van der Waals surface area (Å²) in [5.74, 6) is -6.24. The van der Waals surface area contributed by atoms with Gasteiger partial charge < -0.3 is 14.6 Å². The Kier molecular flexibility index (Phi) is 9.76. The maximum absolute atomic E-state index is 12.7. The molecule has 0 fully saturated rings. The number of rotatable bonds is 4. The van der Waals surface area contributed by atoms with Crippen molar-refractivity contribution in [3.63, 3.8) is 0 Å². The number of hydrogen-bond acceptors (Lipinski definition) is 5. The molecule has 0 radical (unpaired) electrons. The molecule has 0 bridgehead atoms. The quantitative estimate of drug-likeness (QED) is 0.217. The minimum Gasteiger partial charge on any atom is -0.865 e. The largest absolute Gasteiger partial charge is 1.00 e. The Bertz CT molecular complexity index is 238. The molecule has 0 rings (SSSR count).